The van der Waals surface area contributed by atoms with E-state index in [1.54, 1.807) is 0 Å². The Morgan fingerprint density at radius 3 is 2.02 bits per heavy atom. The SMILES string of the molecule is C=C(/C=C(\C=C/CC)c1ccc2c(c1)c(-c1ccccc1C)c(C)n2C1=CC=CCC1)c1c(C)oc2ccccc12.Cc1ccccc1.Cc1ccccc1. The lowest BCUT2D eigenvalue weighted by Gasteiger charge is -2.15. The minimum Gasteiger partial charge on any atom is -0.461 e. The van der Waals surface area contributed by atoms with Crippen molar-refractivity contribution in [2.45, 2.75) is 60.8 Å². The van der Waals surface area contributed by atoms with Crippen LogP contribution in [0.5, 0.6) is 0 Å². The number of allylic oxidation sites excluding steroid dienone is 9. The summed E-state index contributed by atoms with van der Waals surface area (Å²) in [4.78, 5) is 0. The van der Waals surface area contributed by atoms with Crippen molar-refractivity contribution in [3.8, 4) is 11.1 Å². The number of aryl methyl sites for hydroxylation is 4. The van der Waals surface area contributed by atoms with Gasteiger partial charge in [0.25, 0.3) is 0 Å². The van der Waals surface area contributed by atoms with E-state index in [4.69, 9.17) is 4.42 Å². The first-order chi connectivity index (χ1) is 26.8. The fraction of sp³-hybridized carbons (Fsp3) is 0.170. The second-order valence-corrected chi connectivity index (χ2v) is 14.2. The molecule has 0 radical (unpaired) electrons. The maximum absolute atomic E-state index is 6.07. The summed E-state index contributed by atoms with van der Waals surface area (Å²) in [7, 11) is 0. The molecule has 0 spiro atoms. The van der Waals surface area contributed by atoms with Crippen LogP contribution in [0.4, 0.5) is 0 Å². The Labute approximate surface area is 328 Å². The third-order valence-electron chi connectivity index (χ3n) is 10.1. The molecule has 0 bridgehead atoms. The zero-order chi connectivity index (χ0) is 38.7. The molecule has 0 fully saturated rings. The number of fused-ring (bicyclic) bond motifs is 2. The van der Waals surface area contributed by atoms with Crippen LogP contribution in [-0.4, -0.2) is 4.57 Å². The molecule has 0 atom stereocenters. The number of aromatic nitrogens is 1. The molecular formula is C53H53NO. The lowest BCUT2D eigenvalue weighted by Crippen LogP contribution is -2.01. The first kappa shape index (κ1) is 38.6. The van der Waals surface area contributed by atoms with Crippen molar-refractivity contribution in [2.75, 3.05) is 0 Å². The molecule has 8 rings (SSSR count). The topological polar surface area (TPSA) is 18.1 Å². The van der Waals surface area contributed by atoms with Gasteiger partial charge in [0.2, 0.25) is 0 Å². The van der Waals surface area contributed by atoms with E-state index in [0.29, 0.717) is 0 Å². The Morgan fingerprint density at radius 1 is 0.745 bits per heavy atom. The van der Waals surface area contributed by atoms with E-state index in [-0.39, 0.29) is 0 Å². The van der Waals surface area contributed by atoms with Crippen molar-refractivity contribution >= 4 is 38.7 Å². The lowest BCUT2D eigenvalue weighted by molar-refractivity contribution is 0.577. The Balaban J connectivity index is 0.000000307. The number of hydrogen-bond donors (Lipinski definition) is 0. The number of hydrogen-bond acceptors (Lipinski definition) is 1. The van der Waals surface area contributed by atoms with E-state index in [1.807, 2.05) is 55.5 Å². The molecule has 2 heterocycles. The fourth-order valence-electron chi connectivity index (χ4n) is 7.31. The molecule has 0 saturated heterocycles. The predicted octanol–water partition coefficient (Wildman–Crippen LogP) is 15.2. The van der Waals surface area contributed by atoms with Crippen LogP contribution in [0.25, 0.3) is 49.8 Å². The highest BCUT2D eigenvalue weighted by Crippen LogP contribution is 2.41. The van der Waals surface area contributed by atoms with Crippen LogP contribution in [0.1, 0.15) is 65.5 Å². The molecular weight excluding hydrogens is 667 g/mol. The highest BCUT2D eigenvalue weighted by Gasteiger charge is 2.20. The van der Waals surface area contributed by atoms with Crippen molar-refractivity contribution in [2.24, 2.45) is 0 Å². The average molecular weight is 720 g/mol. The number of rotatable bonds is 7. The van der Waals surface area contributed by atoms with E-state index >= 15 is 0 Å². The summed E-state index contributed by atoms with van der Waals surface area (Å²) in [6.45, 7) is 17.4. The molecule has 1 aliphatic carbocycles. The summed E-state index contributed by atoms with van der Waals surface area (Å²) in [6, 6.07) is 44.4. The maximum atomic E-state index is 6.07. The van der Waals surface area contributed by atoms with Gasteiger partial charge in [-0.05, 0) is 112 Å². The number of furan rings is 1. The summed E-state index contributed by atoms with van der Waals surface area (Å²) in [5, 5.41) is 2.38. The van der Waals surface area contributed by atoms with Gasteiger partial charge in [0.05, 0.1) is 5.52 Å². The Bertz CT molecular complexity index is 2480. The zero-order valence-corrected chi connectivity index (χ0v) is 33.3. The minimum absolute atomic E-state index is 0.895. The van der Waals surface area contributed by atoms with Crippen molar-refractivity contribution in [3.63, 3.8) is 0 Å². The van der Waals surface area contributed by atoms with E-state index < -0.39 is 0 Å². The highest BCUT2D eigenvalue weighted by molar-refractivity contribution is 6.03. The van der Waals surface area contributed by atoms with Gasteiger partial charge in [-0.15, -0.1) is 0 Å². The monoisotopic (exact) mass is 719 g/mol. The summed E-state index contributed by atoms with van der Waals surface area (Å²) in [6.07, 6.45) is 16.4. The average Bonchev–Trinajstić information content (AvgIpc) is 3.70. The predicted molar refractivity (Wildman–Crippen MR) is 239 cm³/mol. The molecule has 2 aromatic heterocycles. The zero-order valence-electron chi connectivity index (χ0n) is 33.3. The molecule has 2 nitrogen and oxygen atoms in total. The van der Waals surface area contributed by atoms with Gasteiger partial charge in [0.15, 0.2) is 0 Å². The van der Waals surface area contributed by atoms with Gasteiger partial charge in [-0.25, -0.2) is 0 Å². The van der Waals surface area contributed by atoms with E-state index in [0.717, 1.165) is 52.7 Å². The van der Waals surface area contributed by atoms with Gasteiger partial charge in [-0.1, -0.05) is 158 Å². The van der Waals surface area contributed by atoms with Crippen LogP contribution in [0.15, 0.2) is 175 Å². The molecule has 5 aromatic carbocycles. The van der Waals surface area contributed by atoms with Crippen LogP contribution >= 0.6 is 0 Å². The molecule has 0 saturated carbocycles. The van der Waals surface area contributed by atoms with Gasteiger partial charge >= 0.3 is 0 Å². The molecule has 0 amide bonds. The summed E-state index contributed by atoms with van der Waals surface area (Å²) in [5.41, 5.74) is 15.7. The molecule has 1 aliphatic rings. The summed E-state index contributed by atoms with van der Waals surface area (Å²) < 4.78 is 8.54. The second-order valence-electron chi connectivity index (χ2n) is 14.2. The number of para-hydroxylation sites is 1. The van der Waals surface area contributed by atoms with Crippen molar-refractivity contribution in [3.05, 3.63) is 210 Å². The van der Waals surface area contributed by atoms with E-state index in [1.165, 1.54) is 55.7 Å². The van der Waals surface area contributed by atoms with E-state index in [9.17, 15) is 0 Å². The highest BCUT2D eigenvalue weighted by atomic mass is 16.3. The van der Waals surface area contributed by atoms with E-state index in [2.05, 4.69) is 161 Å². The van der Waals surface area contributed by atoms with Gasteiger partial charge in [-0.3, -0.25) is 0 Å². The van der Waals surface area contributed by atoms with Crippen LogP contribution in [0.3, 0.4) is 0 Å². The Hall–Kier alpha value is -6.12. The minimum atomic E-state index is 0.895. The maximum Gasteiger partial charge on any atom is 0.134 e. The molecule has 0 N–H and O–H groups in total. The van der Waals surface area contributed by atoms with Crippen LogP contribution in [0, 0.1) is 34.6 Å². The van der Waals surface area contributed by atoms with Gasteiger partial charge in [0.1, 0.15) is 11.3 Å². The standard InChI is InChI=1S/C39H37NO.2C7H8/c1-6-7-16-30(24-27(3)38-29(5)41-37-21-14-13-20-34(37)38)31-22-23-36-35(25-31)39(33-19-12-11-15-26(33)2)28(4)40(36)32-17-9-8-10-18-32;2*1-7-5-3-2-4-6-7/h7-9,11-17,19-25H,3,6,10,18H2,1-2,4-5H3;2*2-6H,1H3/b16-7-,30-24+;;. The first-order valence-corrected chi connectivity index (χ1v) is 19.4. The molecule has 276 valence electrons. The van der Waals surface area contributed by atoms with Crippen molar-refractivity contribution < 1.29 is 4.42 Å². The van der Waals surface area contributed by atoms with Crippen LogP contribution < -0.4 is 0 Å². The first-order valence-electron chi connectivity index (χ1n) is 19.4. The number of nitrogens with zero attached hydrogens (tertiary/aromatic N) is 1. The summed E-state index contributed by atoms with van der Waals surface area (Å²) >= 11 is 0. The number of benzene rings is 5. The quantitative estimate of drug-likeness (QED) is 0.150. The van der Waals surface area contributed by atoms with Crippen LogP contribution in [0.2, 0.25) is 0 Å². The molecule has 0 aliphatic heterocycles. The Kier molecular flexibility index (Phi) is 12.8. The molecule has 2 heteroatoms. The Morgan fingerprint density at radius 2 is 1.40 bits per heavy atom. The van der Waals surface area contributed by atoms with Crippen LogP contribution in [-0.2, 0) is 0 Å². The van der Waals surface area contributed by atoms with Crippen molar-refractivity contribution in [1.29, 1.82) is 0 Å². The van der Waals surface area contributed by atoms with Gasteiger partial charge < -0.3 is 8.98 Å². The fourth-order valence-corrected chi connectivity index (χ4v) is 7.31. The largest absolute Gasteiger partial charge is 0.461 e. The smallest absolute Gasteiger partial charge is 0.134 e. The normalized spacial score (nSPS) is 12.6. The third kappa shape index (κ3) is 9.16. The molecule has 0 unspecified atom stereocenters. The van der Waals surface area contributed by atoms with Gasteiger partial charge in [0, 0.05) is 33.3 Å². The third-order valence-corrected chi connectivity index (χ3v) is 10.1. The van der Waals surface area contributed by atoms with Crippen molar-refractivity contribution in [1.82, 2.24) is 4.57 Å². The second kappa shape index (κ2) is 18.3. The summed E-state index contributed by atoms with van der Waals surface area (Å²) in [5.74, 6) is 0.895. The molecule has 7 aromatic rings. The molecule has 55 heavy (non-hydrogen) atoms. The van der Waals surface area contributed by atoms with Gasteiger partial charge in [-0.2, -0.15) is 0 Å². The lowest BCUT2D eigenvalue weighted by atomic mass is 9.94.